The van der Waals surface area contributed by atoms with Crippen molar-refractivity contribution >= 4 is 21.4 Å². The standard InChI is InChI=1S/C11H11NO2S/c1-5-3-7-6(2)12-11(13)10-9(7)8(14-5)4-15-10/h4-5H,3H2,1-2H3,(H,12,13). The summed E-state index contributed by atoms with van der Waals surface area (Å²) in [6.45, 7) is 4.01. The SMILES string of the molecule is Cc1[nH]c(=O)c2scc3c2c1CC(C)O3. The van der Waals surface area contributed by atoms with Gasteiger partial charge in [-0.25, -0.2) is 0 Å². The maximum absolute atomic E-state index is 11.7. The Bertz CT molecular complexity index is 596. The van der Waals surface area contributed by atoms with E-state index in [1.54, 1.807) is 0 Å². The zero-order valence-electron chi connectivity index (χ0n) is 8.59. The molecule has 1 unspecified atom stereocenters. The van der Waals surface area contributed by atoms with Gasteiger partial charge in [-0.3, -0.25) is 4.79 Å². The molecule has 3 nitrogen and oxygen atoms in total. The zero-order valence-corrected chi connectivity index (χ0v) is 9.40. The van der Waals surface area contributed by atoms with E-state index in [9.17, 15) is 4.79 Å². The van der Waals surface area contributed by atoms with Crippen molar-refractivity contribution in [2.75, 3.05) is 0 Å². The summed E-state index contributed by atoms with van der Waals surface area (Å²) in [6, 6.07) is 0. The molecule has 2 aromatic heterocycles. The molecule has 0 aliphatic carbocycles. The van der Waals surface area contributed by atoms with E-state index >= 15 is 0 Å². The minimum absolute atomic E-state index is 0.000605. The van der Waals surface area contributed by atoms with E-state index in [4.69, 9.17) is 4.74 Å². The second kappa shape index (κ2) is 2.85. The molecule has 0 saturated carbocycles. The summed E-state index contributed by atoms with van der Waals surface area (Å²) in [7, 11) is 0. The van der Waals surface area contributed by atoms with Gasteiger partial charge in [0.05, 0.1) is 0 Å². The average molecular weight is 221 g/mol. The average Bonchev–Trinajstić information content (AvgIpc) is 2.58. The number of thiophene rings is 1. The van der Waals surface area contributed by atoms with Crippen LogP contribution in [-0.4, -0.2) is 11.1 Å². The van der Waals surface area contributed by atoms with Gasteiger partial charge < -0.3 is 9.72 Å². The highest BCUT2D eigenvalue weighted by atomic mass is 32.1. The molecule has 1 aliphatic heterocycles. The molecule has 0 spiro atoms. The molecule has 3 heterocycles. The highest BCUT2D eigenvalue weighted by Gasteiger charge is 2.23. The summed E-state index contributed by atoms with van der Waals surface area (Å²) < 4.78 is 6.50. The summed E-state index contributed by atoms with van der Waals surface area (Å²) >= 11 is 1.46. The van der Waals surface area contributed by atoms with Crippen LogP contribution in [0.4, 0.5) is 0 Å². The quantitative estimate of drug-likeness (QED) is 0.741. The van der Waals surface area contributed by atoms with Crippen LogP contribution < -0.4 is 10.3 Å². The maximum Gasteiger partial charge on any atom is 0.266 e. The number of ether oxygens (including phenoxy) is 1. The first-order chi connectivity index (χ1) is 7.16. The summed E-state index contributed by atoms with van der Waals surface area (Å²) in [4.78, 5) is 14.6. The molecular weight excluding hydrogens is 210 g/mol. The smallest absolute Gasteiger partial charge is 0.266 e. The van der Waals surface area contributed by atoms with Gasteiger partial charge in [-0.1, -0.05) is 0 Å². The minimum atomic E-state index is 0.000605. The number of hydrogen-bond acceptors (Lipinski definition) is 3. The number of nitrogens with one attached hydrogen (secondary N) is 1. The fourth-order valence-electron chi connectivity index (χ4n) is 2.17. The Hall–Kier alpha value is -1.29. The molecule has 2 aromatic rings. The normalized spacial score (nSPS) is 19.2. The second-order valence-corrected chi connectivity index (χ2v) is 4.87. The van der Waals surface area contributed by atoms with Crippen LogP contribution in [0.3, 0.4) is 0 Å². The Morgan fingerprint density at radius 2 is 2.40 bits per heavy atom. The number of rotatable bonds is 0. The first-order valence-corrected chi connectivity index (χ1v) is 5.84. The number of H-pyrrole nitrogens is 1. The molecule has 1 aliphatic rings. The predicted molar refractivity (Wildman–Crippen MR) is 61.0 cm³/mol. The van der Waals surface area contributed by atoms with Crippen LogP contribution in [0.5, 0.6) is 5.75 Å². The van der Waals surface area contributed by atoms with E-state index < -0.39 is 0 Å². The molecule has 4 heteroatoms. The van der Waals surface area contributed by atoms with Crippen molar-refractivity contribution in [2.45, 2.75) is 26.4 Å². The lowest BCUT2D eigenvalue weighted by Gasteiger charge is -2.21. The van der Waals surface area contributed by atoms with Crippen molar-refractivity contribution < 1.29 is 4.74 Å². The van der Waals surface area contributed by atoms with Crippen LogP contribution in [0.1, 0.15) is 18.2 Å². The summed E-state index contributed by atoms with van der Waals surface area (Å²) in [5, 5.41) is 2.96. The summed E-state index contributed by atoms with van der Waals surface area (Å²) in [6.07, 6.45) is 1.07. The second-order valence-electron chi connectivity index (χ2n) is 3.99. The molecule has 0 fully saturated rings. The van der Waals surface area contributed by atoms with Crippen molar-refractivity contribution in [3.8, 4) is 5.75 Å². The Morgan fingerprint density at radius 3 is 3.20 bits per heavy atom. The number of pyridine rings is 1. The third-order valence-electron chi connectivity index (χ3n) is 2.84. The van der Waals surface area contributed by atoms with E-state index in [1.165, 1.54) is 16.9 Å². The molecular formula is C11H11NO2S. The minimum Gasteiger partial charge on any atom is -0.489 e. The van der Waals surface area contributed by atoms with Gasteiger partial charge in [-0.05, 0) is 19.4 Å². The maximum atomic E-state index is 11.7. The molecule has 78 valence electrons. The molecule has 0 bridgehead atoms. The van der Waals surface area contributed by atoms with Gasteiger partial charge in [-0.2, -0.15) is 0 Å². The largest absolute Gasteiger partial charge is 0.489 e. The molecule has 1 N–H and O–H groups in total. The lowest BCUT2D eigenvalue weighted by atomic mass is 10.0. The topological polar surface area (TPSA) is 42.1 Å². The van der Waals surface area contributed by atoms with Crippen LogP contribution in [0.25, 0.3) is 10.1 Å². The summed E-state index contributed by atoms with van der Waals surface area (Å²) in [5.74, 6) is 0.873. The van der Waals surface area contributed by atoms with Crippen LogP contribution in [0.15, 0.2) is 10.2 Å². The van der Waals surface area contributed by atoms with E-state index in [1.807, 2.05) is 12.3 Å². The number of aromatic amines is 1. The highest BCUT2D eigenvalue weighted by Crippen LogP contribution is 2.38. The Labute approximate surface area is 90.7 Å². The van der Waals surface area contributed by atoms with E-state index in [0.29, 0.717) is 0 Å². The Balaban J connectivity index is 2.49. The van der Waals surface area contributed by atoms with Gasteiger partial charge in [0.15, 0.2) is 0 Å². The molecule has 0 radical (unpaired) electrons. The van der Waals surface area contributed by atoms with Crippen LogP contribution in [0, 0.1) is 6.92 Å². The molecule has 3 rings (SSSR count). The van der Waals surface area contributed by atoms with Crippen molar-refractivity contribution in [1.82, 2.24) is 4.98 Å². The highest BCUT2D eigenvalue weighted by molar-refractivity contribution is 7.17. The molecule has 1 atom stereocenters. The van der Waals surface area contributed by atoms with E-state index in [-0.39, 0.29) is 11.7 Å². The molecule has 0 aromatic carbocycles. The fraction of sp³-hybridized carbons (Fsp3) is 0.364. The molecule has 0 saturated heterocycles. The van der Waals surface area contributed by atoms with Gasteiger partial charge >= 0.3 is 0 Å². The first-order valence-electron chi connectivity index (χ1n) is 4.96. The van der Waals surface area contributed by atoms with Crippen LogP contribution in [-0.2, 0) is 6.42 Å². The van der Waals surface area contributed by atoms with Crippen molar-refractivity contribution in [3.63, 3.8) is 0 Å². The predicted octanol–water partition coefficient (Wildman–Crippen LogP) is 2.22. The van der Waals surface area contributed by atoms with E-state index in [2.05, 4.69) is 11.9 Å². The van der Waals surface area contributed by atoms with Gasteiger partial charge in [-0.15, -0.1) is 11.3 Å². The fourth-order valence-corrected chi connectivity index (χ4v) is 3.07. The van der Waals surface area contributed by atoms with Crippen molar-refractivity contribution in [2.24, 2.45) is 0 Å². The number of aryl methyl sites for hydroxylation is 1. The first kappa shape index (κ1) is 8.97. The third kappa shape index (κ3) is 1.14. The lowest BCUT2D eigenvalue weighted by molar-refractivity contribution is 0.218. The van der Waals surface area contributed by atoms with E-state index in [0.717, 1.165) is 28.0 Å². The van der Waals surface area contributed by atoms with Crippen LogP contribution >= 0.6 is 11.3 Å². The summed E-state index contributed by atoms with van der Waals surface area (Å²) in [5.41, 5.74) is 2.21. The third-order valence-corrected chi connectivity index (χ3v) is 3.80. The number of hydrogen-bond donors (Lipinski definition) is 1. The van der Waals surface area contributed by atoms with Gasteiger partial charge in [0.25, 0.3) is 5.56 Å². The van der Waals surface area contributed by atoms with Crippen LogP contribution in [0.2, 0.25) is 0 Å². The van der Waals surface area contributed by atoms with Gasteiger partial charge in [0.1, 0.15) is 16.6 Å². The zero-order chi connectivity index (χ0) is 10.6. The Kier molecular flexibility index (Phi) is 1.71. The molecule has 0 amide bonds. The van der Waals surface area contributed by atoms with Gasteiger partial charge in [0.2, 0.25) is 0 Å². The van der Waals surface area contributed by atoms with Gasteiger partial charge in [0, 0.05) is 22.9 Å². The lowest BCUT2D eigenvalue weighted by Crippen LogP contribution is -2.22. The van der Waals surface area contributed by atoms with Crippen molar-refractivity contribution in [1.29, 1.82) is 0 Å². The molecule has 15 heavy (non-hydrogen) atoms. The van der Waals surface area contributed by atoms with Crippen molar-refractivity contribution in [3.05, 3.63) is 27.0 Å². The Morgan fingerprint density at radius 1 is 1.60 bits per heavy atom. The number of aromatic nitrogens is 1. The monoisotopic (exact) mass is 221 g/mol.